The number of aldehydes is 1. The van der Waals surface area contributed by atoms with Crippen LogP contribution in [-0.2, 0) is 4.79 Å². The minimum atomic E-state index is -0.168. The maximum absolute atomic E-state index is 11.9. The van der Waals surface area contributed by atoms with Gasteiger partial charge in [-0.2, -0.15) is 0 Å². The lowest BCUT2D eigenvalue weighted by molar-refractivity contribution is -0.123. The minimum absolute atomic E-state index is 0.124. The summed E-state index contributed by atoms with van der Waals surface area (Å²) in [5, 5.41) is 3.33. The normalized spacial score (nSPS) is 16.0. The van der Waals surface area contributed by atoms with Crippen LogP contribution in [0, 0.1) is 0 Å². The maximum Gasteiger partial charge on any atom is 0.258 e. The van der Waals surface area contributed by atoms with Crippen molar-refractivity contribution in [3.8, 4) is 5.75 Å². The number of carbonyl (C=O) groups is 2. The molecule has 0 aromatic heterocycles. The molecule has 2 rings (SSSR count). The average Bonchev–Trinajstić information content (AvgIpc) is 2.74. The van der Waals surface area contributed by atoms with E-state index < -0.39 is 0 Å². The van der Waals surface area contributed by atoms with E-state index in [4.69, 9.17) is 16.3 Å². The van der Waals surface area contributed by atoms with E-state index >= 15 is 0 Å². The van der Waals surface area contributed by atoms with Crippen LogP contribution < -0.4 is 10.1 Å². The van der Waals surface area contributed by atoms with E-state index in [1.54, 1.807) is 18.2 Å². The molecule has 5 heteroatoms. The highest BCUT2D eigenvalue weighted by molar-refractivity contribution is 6.32. The van der Waals surface area contributed by atoms with Gasteiger partial charge in [-0.15, -0.1) is 0 Å². The van der Waals surface area contributed by atoms with Gasteiger partial charge in [0.1, 0.15) is 5.75 Å². The van der Waals surface area contributed by atoms with Gasteiger partial charge in [0, 0.05) is 6.04 Å². The molecule has 1 aliphatic rings. The monoisotopic (exact) mass is 309 g/mol. The molecule has 0 aliphatic heterocycles. The molecule has 0 bridgehead atoms. The Kier molecular flexibility index (Phi) is 6.05. The Hall–Kier alpha value is -1.55. The molecule has 4 nitrogen and oxygen atoms in total. The van der Waals surface area contributed by atoms with Crippen molar-refractivity contribution in [3.63, 3.8) is 0 Å². The van der Waals surface area contributed by atoms with Crippen molar-refractivity contribution in [2.24, 2.45) is 0 Å². The van der Waals surface area contributed by atoms with Gasteiger partial charge in [-0.05, 0) is 25.0 Å². The third kappa shape index (κ3) is 4.74. The van der Waals surface area contributed by atoms with Crippen molar-refractivity contribution in [1.82, 2.24) is 5.32 Å². The number of rotatable bonds is 5. The first-order valence-corrected chi connectivity index (χ1v) is 7.74. The van der Waals surface area contributed by atoms with Crippen molar-refractivity contribution in [1.29, 1.82) is 0 Å². The molecule has 0 atom stereocenters. The summed E-state index contributed by atoms with van der Waals surface area (Å²) in [7, 11) is 0. The zero-order valence-corrected chi connectivity index (χ0v) is 12.7. The first kappa shape index (κ1) is 15.8. The molecule has 114 valence electrons. The second kappa shape index (κ2) is 8.03. The molecule has 1 aromatic carbocycles. The van der Waals surface area contributed by atoms with Crippen molar-refractivity contribution in [2.75, 3.05) is 6.61 Å². The van der Waals surface area contributed by atoms with E-state index in [1.807, 2.05) is 0 Å². The first-order valence-electron chi connectivity index (χ1n) is 7.36. The molecular weight excluding hydrogens is 290 g/mol. The molecule has 0 unspecified atom stereocenters. The van der Waals surface area contributed by atoms with Gasteiger partial charge in [0.25, 0.3) is 5.91 Å². The highest BCUT2D eigenvalue weighted by Gasteiger charge is 2.16. The second-order valence-electron chi connectivity index (χ2n) is 5.32. The SMILES string of the molecule is O=Cc1cccc(Cl)c1OCC(=O)NC1CCCCCC1. The molecule has 0 saturated heterocycles. The van der Waals surface area contributed by atoms with Crippen molar-refractivity contribution in [3.05, 3.63) is 28.8 Å². The number of amides is 1. The van der Waals surface area contributed by atoms with Crippen LogP contribution in [0.25, 0.3) is 0 Å². The summed E-state index contributed by atoms with van der Waals surface area (Å²) < 4.78 is 5.42. The summed E-state index contributed by atoms with van der Waals surface area (Å²) >= 11 is 5.99. The van der Waals surface area contributed by atoms with Crippen molar-refractivity contribution >= 4 is 23.8 Å². The van der Waals surface area contributed by atoms with Crippen LogP contribution in [0.5, 0.6) is 5.75 Å². The van der Waals surface area contributed by atoms with E-state index in [0.29, 0.717) is 16.9 Å². The fraction of sp³-hybridized carbons (Fsp3) is 0.500. The predicted octanol–water partition coefficient (Wildman–Crippen LogP) is 3.37. The minimum Gasteiger partial charge on any atom is -0.481 e. The van der Waals surface area contributed by atoms with Gasteiger partial charge in [0.05, 0.1) is 10.6 Å². The van der Waals surface area contributed by atoms with Crippen LogP contribution in [-0.4, -0.2) is 24.8 Å². The van der Waals surface area contributed by atoms with Crippen molar-refractivity contribution in [2.45, 2.75) is 44.6 Å². The van der Waals surface area contributed by atoms with E-state index in [1.165, 1.54) is 12.8 Å². The summed E-state index contributed by atoms with van der Waals surface area (Å²) in [6.45, 7) is -0.124. The quantitative estimate of drug-likeness (QED) is 0.670. The van der Waals surface area contributed by atoms with Gasteiger partial charge >= 0.3 is 0 Å². The van der Waals surface area contributed by atoms with Crippen LogP contribution >= 0.6 is 11.6 Å². The fourth-order valence-electron chi connectivity index (χ4n) is 2.60. The third-order valence-corrected chi connectivity index (χ3v) is 3.99. The van der Waals surface area contributed by atoms with Crippen LogP contribution in [0.2, 0.25) is 5.02 Å². The topological polar surface area (TPSA) is 55.4 Å². The van der Waals surface area contributed by atoms with E-state index in [9.17, 15) is 9.59 Å². The van der Waals surface area contributed by atoms with Gasteiger partial charge in [-0.25, -0.2) is 0 Å². The van der Waals surface area contributed by atoms with E-state index in [-0.39, 0.29) is 24.3 Å². The summed E-state index contributed by atoms with van der Waals surface area (Å²) in [6, 6.07) is 5.15. The third-order valence-electron chi connectivity index (χ3n) is 3.69. The molecule has 1 fully saturated rings. The number of hydrogen-bond donors (Lipinski definition) is 1. The second-order valence-corrected chi connectivity index (χ2v) is 5.73. The zero-order chi connectivity index (χ0) is 15.1. The summed E-state index contributed by atoms with van der Waals surface area (Å²) in [6.07, 6.45) is 7.52. The van der Waals surface area contributed by atoms with Gasteiger partial charge in [0.2, 0.25) is 0 Å². The number of nitrogens with one attached hydrogen (secondary N) is 1. The lowest BCUT2D eigenvalue weighted by atomic mass is 10.1. The number of ether oxygens (including phenoxy) is 1. The van der Waals surface area contributed by atoms with E-state index in [2.05, 4.69) is 5.32 Å². The standard InChI is InChI=1S/C16H20ClNO3/c17-14-9-5-6-12(10-19)16(14)21-11-15(20)18-13-7-3-1-2-4-8-13/h5-6,9-10,13H,1-4,7-8,11H2,(H,18,20). The smallest absolute Gasteiger partial charge is 0.258 e. The van der Waals surface area contributed by atoms with Gasteiger partial charge < -0.3 is 10.1 Å². The lowest BCUT2D eigenvalue weighted by Gasteiger charge is -2.17. The Morgan fingerprint density at radius 3 is 2.67 bits per heavy atom. The molecular formula is C16H20ClNO3. The number of benzene rings is 1. The molecule has 21 heavy (non-hydrogen) atoms. The highest BCUT2D eigenvalue weighted by atomic mass is 35.5. The van der Waals surface area contributed by atoms with Crippen LogP contribution in [0.1, 0.15) is 48.9 Å². The Morgan fingerprint density at radius 2 is 2.00 bits per heavy atom. The van der Waals surface area contributed by atoms with Crippen LogP contribution in [0.15, 0.2) is 18.2 Å². The molecule has 1 N–H and O–H groups in total. The van der Waals surface area contributed by atoms with Crippen LogP contribution in [0.4, 0.5) is 0 Å². The molecule has 1 saturated carbocycles. The van der Waals surface area contributed by atoms with Gasteiger partial charge in [-0.1, -0.05) is 43.4 Å². The van der Waals surface area contributed by atoms with E-state index in [0.717, 1.165) is 25.7 Å². The number of carbonyl (C=O) groups excluding carboxylic acids is 2. The molecule has 0 spiro atoms. The number of hydrogen-bond acceptors (Lipinski definition) is 3. The maximum atomic E-state index is 11.9. The van der Waals surface area contributed by atoms with Crippen LogP contribution in [0.3, 0.4) is 0 Å². The Labute approximate surface area is 129 Å². The highest BCUT2D eigenvalue weighted by Crippen LogP contribution is 2.27. The Morgan fingerprint density at radius 1 is 1.29 bits per heavy atom. The number of para-hydroxylation sites is 1. The first-order chi connectivity index (χ1) is 10.2. The lowest BCUT2D eigenvalue weighted by Crippen LogP contribution is -2.37. The Balaban J connectivity index is 1.87. The average molecular weight is 310 g/mol. The van der Waals surface area contributed by atoms with Gasteiger partial charge in [0.15, 0.2) is 12.9 Å². The molecule has 0 heterocycles. The van der Waals surface area contributed by atoms with Crippen molar-refractivity contribution < 1.29 is 14.3 Å². The molecule has 1 aliphatic carbocycles. The summed E-state index contributed by atoms with van der Waals surface area (Å²) in [5.74, 6) is 0.101. The molecule has 0 radical (unpaired) electrons. The Bertz CT molecular complexity index is 496. The zero-order valence-electron chi connectivity index (χ0n) is 11.9. The summed E-state index contributed by atoms with van der Waals surface area (Å²) in [4.78, 5) is 22.9. The number of halogens is 1. The summed E-state index contributed by atoms with van der Waals surface area (Å²) in [5.41, 5.74) is 0.352. The molecule has 1 amide bonds. The van der Waals surface area contributed by atoms with Gasteiger partial charge in [-0.3, -0.25) is 9.59 Å². The fourth-order valence-corrected chi connectivity index (χ4v) is 2.84. The predicted molar refractivity (Wildman–Crippen MR) is 82.0 cm³/mol. The largest absolute Gasteiger partial charge is 0.481 e. The molecule has 1 aromatic rings.